The van der Waals surface area contributed by atoms with Crippen molar-refractivity contribution in [1.82, 2.24) is 29.4 Å². The van der Waals surface area contributed by atoms with Gasteiger partial charge in [-0.25, -0.2) is 9.48 Å². The molecule has 0 aliphatic carbocycles. The van der Waals surface area contributed by atoms with Crippen molar-refractivity contribution in [3.05, 3.63) is 63.9 Å². The Balaban J connectivity index is 1.35. The molecule has 1 spiro atoms. The van der Waals surface area contributed by atoms with Crippen LogP contribution in [-0.2, 0) is 24.4 Å². The van der Waals surface area contributed by atoms with Gasteiger partial charge in [-0.3, -0.25) is 14.3 Å². The van der Waals surface area contributed by atoms with E-state index < -0.39 is 5.60 Å². The van der Waals surface area contributed by atoms with Crippen LogP contribution < -0.4 is 5.69 Å². The van der Waals surface area contributed by atoms with Gasteiger partial charge in [0.05, 0.1) is 31.5 Å². The number of carbonyl (C=O) groups is 1. The van der Waals surface area contributed by atoms with E-state index in [-0.39, 0.29) is 24.0 Å². The van der Waals surface area contributed by atoms with Crippen LogP contribution >= 0.6 is 0 Å². The summed E-state index contributed by atoms with van der Waals surface area (Å²) in [6.45, 7) is 3.74. The molecule has 5 rings (SSSR count). The maximum Gasteiger partial charge on any atom is 0.346 e. The van der Waals surface area contributed by atoms with Crippen molar-refractivity contribution in [2.75, 3.05) is 13.1 Å². The molecule has 150 valence electrons. The summed E-state index contributed by atoms with van der Waals surface area (Å²) < 4.78 is 14.1. The minimum atomic E-state index is -0.595. The summed E-state index contributed by atoms with van der Waals surface area (Å²) in [4.78, 5) is 31.6. The van der Waals surface area contributed by atoms with Gasteiger partial charge in [0.15, 0.2) is 5.82 Å². The molecule has 3 aromatic rings. The lowest BCUT2D eigenvalue weighted by Gasteiger charge is -2.33. The van der Waals surface area contributed by atoms with Gasteiger partial charge in [0, 0.05) is 18.3 Å². The molecule has 1 fully saturated rings. The third kappa shape index (κ3) is 3.15. The topological polar surface area (TPSA) is 108 Å². The van der Waals surface area contributed by atoms with Crippen LogP contribution in [0.1, 0.15) is 34.2 Å². The van der Waals surface area contributed by atoms with Crippen molar-refractivity contribution in [3.8, 4) is 0 Å². The Labute approximate surface area is 165 Å². The summed E-state index contributed by atoms with van der Waals surface area (Å²) in [5.41, 5.74) is 0.889. The third-order valence-electron chi connectivity index (χ3n) is 5.46. The molecule has 1 saturated heterocycles. The highest BCUT2D eigenvalue weighted by molar-refractivity contribution is 5.91. The minimum Gasteiger partial charge on any atom is -0.363 e. The largest absolute Gasteiger partial charge is 0.363 e. The van der Waals surface area contributed by atoms with Crippen molar-refractivity contribution < 1.29 is 14.1 Å². The number of nitrogens with zero attached hydrogens (tertiary/aromatic N) is 6. The molecule has 0 saturated carbocycles. The van der Waals surface area contributed by atoms with E-state index in [0.717, 1.165) is 11.4 Å². The first-order chi connectivity index (χ1) is 14.0. The smallest absolute Gasteiger partial charge is 0.346 e. The summed E-state index contributed by atoms with van der Waals surface area (Å²) in [6, 6.07) is 7.24. The summed E-state index contributed by atoms with van der Waals surface area (Å²) in [5, 5.41) is 8.01. The summed E-state index contributed by atoms with van der Waals surface area (Å²) in [6.07, 6.45) is 2.09. The van der Waals surface area contributed by atoms with Crippen molar-refractivity contribution in [1.29, 1.82) is 0 Å². The fraction of sp³-hybridized carbons (Fsp3) is 0.421. The Bertz CT molecular complexity index is 1120. The monoisotopic (exact) mass is 396 g/mol. The highest BCUT2D eigenvalue weighted by Gasteiger charge is 2.45. The van der Waals surface area contributed by atoms with Gasteiger partial charge in [0.1, 0.15) is 12.2 Å². The maximum atomic E-state index is 12.9. The van der Waals surface area contributed by atoms with Crippen LogP contribution in [0.15, 0.2) is 39.8 Å². The summed E-state index contributed by atoms with van der Waals surface area (Å²) in [7, 11) is 0. The van der Waals surface area contributed by atoms with E-state index in [9.17, 15) is 9.59 Å². The molecule has 0 N–H and O–H groups in total. The molecule has 1 atom stereocenters. The molecule has 2 aliphatic rings. The van der Waals surface area contributed by atoms with Gasteiger partial charge in [-0.1, -0.05) is 11.2 Å². The van der Waals surface area contributed by atoms with Crippen LogP contribution in [0.3, 0.4) is 0 Å². The third-order valence-corrected chi connectivity index (χ3v) is 5.46. The van der Waals surface area contributed by atoms with Crippen LogP contribution in [0.25, 0.3) is 0 Å². The number of aryl methyl sites for hydroxylation is 1. The lowest BCUT2D eigenvalue weighted by Crippen LogP contribution is -2.47. The lowest BCUT2D eigenvalue weighted by molar-refractivity contribution is -0.0816. The second kappa shape index (κ2) is 6.66. The van der Waals surface area contributed by atoms with Gasteiger partial charge in [-0.2, -0.15) is 5.10 Å². The van der Waals surface area contributed by atoms with Crippen molar-refractivity contribution >= 4 is 5.91 Å². The number of hydrogen-bond acceptors (Lipinski definition) is 7. The highest BCUT2D eigenvalue weighted by atomic mass is 16.5. The Morgan fingerprint density at radius 3 is 2.97 bits per heavy atom. The standard InChI is InChI=1S/C19H20N6O4/c1-13-3-2-4-14(21-13)9-25-18(27)24-12-19(28-10-16(24)22-25)6-8-23(11-19)17(26)15-5-7-20-29-15/h2-5,7H,6,8-12H2,1H3. The van der Waals surface area contributed by atoms with E-state index in [1.165, 1.54) is 10.9 Å². The summed E-state index contributed by atoms with van der Waals surface area (Å²) >= 11 is 0. The molecule has 1 amide bonds. The average molecular weight is 396 g/mol. The Morgan fingerprint density at radius 2 is 2.17 bits per heavy atom. The number of likely N-dealkylation sites (tertiary alicyclic amines) is 1. The summed E-state index contributed by atoms with van der Waals surface area (Å²) in [5.74, 6) is 0.574. The molecule has 1 unspecified atom stereocenters. The van der Waals surface area contributed by atoms with Crippen LogP contribution in [0.4, 0.5) is 0 Å². The second-order valence-corrected chi connectivity index (χ2v) is 7.54. The van der Waals surface area contributed by atoms with E-state index >= 15 is 0 Å². The van der Waals surface area contributed by atoms with Gasteiger partial charge >= 0.3 is 5.69 Å². The molecule has 0 bridgehead atoms. The molecule has 3 aromatic heterocycles. The molecule has 29 heavy (non-hydrogen) atoms. The first kappa shape index (κ1) is 17.8. The zero-order valence-corrected chi connectivity index (χ0v) is 15.9. The predicted octanol–water partition coefficient (Wildman–Crippen LogP) is 0.600. The van der Waals surface area contributed by atoms with Crippen molar-refractivity contribution in [2.45, 2.75) is 38.6 Å². The van der Waals surface area contributed by atoms with Gasteiger partial charge in [-0.05, 0) is 25.5 Å². The SMILES string of the molecule is Cc1cccc(Cn2nc3n(c2=O)CC2(CCN(C(=O)c4ccno4)C2)OC3)n1. The van der Waals surface area contributed by atoms with E-state index in [1.54, 1.807) is 15.5 Å². The number of aromatic nitrogens is 5. The van der Waals surface area contributed by atoms with Crippen LogP contribution in [-0.4, -0.2) is 54.0 Å². The normalized spacial score (nSPS) is 20.9. The number of amides is 1. The molecule has 0 aromatic carbocycles. The van der Waals surface area contributed by atoms with E-state index in [4.69, 9.17) is 9.26 Å². The zero-order chi connectivity index (χ0) is 20.0. The van der Waals surface area contributed by atoms with Gasteiger partial charge in [0.2, 0.25) is 5.76 Å². The number of pyridine rings is 1. The Kier molecular flexibility index (Phi) is 4.09. The molecule has 10 nitrogen and oxygen atoms in total. The quantitative estimate of drug-likeness (QED) is 0.638. The zero-order valence-electron chi connectivity index (χ0n) is 15.9. The Morgan fingerprint density at radius 1 is 1.28 bits per heavy atom. The molecule has 0 radical (unpaired) electrons. The lowest BCUT2D eigenvalue weighted by atomic mass is 10.0. The fourth-order valence-electron chi connectivity index (χ4n) is 3.99. The predicted molar refractivity (Wildman–Crippen MR) is 99.1 cm³/mol. The van der Waals surface area contributed by atoms with E-state index in [0.29, 0.717) is 38.4 Å². The first-order valence-corrected chi connectivity index (χ1v) is 9.46. The van der Waals surface area contributed by atoms with Crippen LogP contribution in [0, 0.1) is 6.92 Å². The number of fused-ring (bicyclic) bond motifs is 1. The molecule has 5 heterocycles. The van der Waals surface area contributed by atoms with E-state index in [1.807, 2.05) is 25.1 Å². The first-order valence-electron chi connectivity index (χ1n) is 9.46. The molecular weight excluding hydrogens is 376 g/mol. The number of hydrogen-bond donors (Lipinski definition) is 0. The molecular formula is C19H20N6O4. The van der Waals surface area contributed by atoms with Crippen LogP contribution in [0.2, 0.25) is 0 Å². The molecule has 2 aliphatic heterocycles. The number of ether oxygens (including phenoxy) is 1. The maximum absolute atomic E-state index is 12.9. The minimum absolute atomic E-state index is 0.189. The van der Waals surface area contributed by atoms with Crippen molar-refractivity contribution in [3.63, 3.8) is 0 Å². The second-order valence-electron chi connectivity index (χ2n) is 7.54. The van der Waals surface area contributed by atoms with Crippen LogP contribution in [0.5, 0.6) is 0 Å². The fourth-order valence-corrected chi connectivity index (χ4v) is 3.99. The van der Waals surface area contributed by atoms with Crippen molar-refractivity contribution in [2.24, 2.45) is 0 Å². The highest BCUT2D eigenvalue weighted by Crippen LogP contribution is 2.32. The average Bonchev–Trinajstić information content (AvgIpc) is 3.44. The van der Waals surface area contributed by atoms with Gasteiger partial charge in [-0.15, -0.1) is 0 Å². The molecule has 10 heteroatoms. The Hall–Kier alpha value is -3.27. The number of carbonyl (C=O) groups excluding carboxylic acids is 1. The van der Waals surface area contributed by atoms with Gasteiger partial charge < -0.3 is 14.2 Å². The van der Waals surface area contributed by atoms with Gasteiger partial charge in [0.25, 0.3) is 5.91 Å². The number of rotatable bonds is 3. The van der Waals surface area contributed by atoms with E-state index in [2.05, 4.69) is 15.2 Å².